The molecule has 2 heteroatoms. The number of fused-ring (bicyclic) bond motifs is 1. The number of rotatable bonds is 6. The first-order chi connectivity index (χ1) is 9.58. The smallest absolute Gasteiger partial charge is 0.0439 e. The van der Waals surface area contributed by atoms with Gasteiger partial charge in [-0.3, -0.25) is 0 Å². The van der Waals surface area contributed by atoms with Crippen LogP contribution >= 0.6 is 0 Å². The van der Waals surface area contributed by atoms with Gasteiger partial charge in [0.15, 0.2) is 0 Å². The molecule has 0 amide bonds. The van der Waals surface area contributed by atoms with Gasteiger partial charge in [-0.1, -0.05) is 31.7 Å². The van der Waals surface area contributed by atoms with Crippen LogP contribution in [-0.4, -0.2) is 24.5 Å². The van der Waals surface area contributed by atoms with E-state index in [0.717, 1.165) is 13.1 Å². The van der Waals surface area contributed by atoms with Crippen molar-refractivity contribution in [2.45, 2.75) is 52.1 Å². The summed E-state index contributed by atoms with van der Waals surface area (Å²) >= 11 is 0. The van der Waals surface area contributed by atoms with E-state index < -0.39 is 0 Å². The van der Waals surface area contributed by atoms with Crippen LogP contribution in [0.15, 0.2) is 24.8 Å². The SMILES string of the molecule is C=C1c2ccc(C(CC)CCNC)cc2CN1C(C)C. The second kappa shape index (κ2) is 6.45. The van der Waals surface area contributed by atoms with Gasteiger partial charge in [0.2, 0.25) is 0 Å². The predicted octanol–water partition coefficient (Wildman–Crippen LogP) is 3.98. The molecule has 1 aromatic rings. The number of hydrogen-bond acceptors (Lipinski definition) is 2. The topological polar surface area (TPSA) is 15.3 Å². The van der Waals surface area contributed by atoms with Crippen molar-refractivity contribution in [2.24, 2.45) is 0 Å². The molecular formula is C18H28N2. The highest BCUT2D eigenvalue weighted by Gasteiger charge is 2.24. The van der Waals surface area contributed by atoms with Crippen LogP contribution < -0.4 is 5.32 Å². The van der Waals surface area contributed by atoms with Gasteiger partial charge in [0, 0.05) is 23.8 Å². The maximum absolute atomic E-state index is 4.26. The summed E-state index contributed by atoms with van der Waals surface area (Å²) in [6.45, 7) is 13.1. The highest BCUT2D eigenvalue weighted by Crippen LogP contribution is 2.35. The predicted molar refractivity (Wildman–Crippen MR) is 87.7 cm³/mol. The Hall–Kier alpha value is -1.28. The number of nitrogens with one attached hydrogen (secondary N) is 1. The average Bonchev–Trinajstić information content (AvgIpc) is 2.77. The van der Waals surface area contributed by atoms with Crippen molar-refractivity contribution in [3.05, 3.63) is 41.5 Å². The highest BCUT2D eigenvalue weighted by atomic mass is 15.2. The van der Waals surface area contributed by atoms with Crippen molar-refractivity contribution >= 4 is 5.70 Å². The lowest BCUT2D eigenvalue weighted by Crippen LogP contribution is -2.23. The van der Waals surface area contributed by atoms with E-state index in [4.69, 9.17) is 0 Å². The van der Waals surface area contributed by atoms with E-state index in [1.54, 1.807) is 0 Å². The normalized spacial score (nSPS) is 15.8. The second-order valence-corrected chi connectivity index (χ2v) is 6.08. The molecule has 0 aromatic heterocycles. The van der Waals surface area contributed by atoms with Crippen LogP contribution in [0.5, 0.6) is 0 Å². The first-order valence-electron chi connectivity index (χ1n) is 7.81. The minimum atomic E-state index is 0.518. The van der Waals surface area contributed by atoms with E-state index in [9.17, 15) is 0 Å². The molecule has 0 spiro atoms. The zero-order valence-corrected chi connectivity index (χ0v) is 13.4. The van der Waals surface area contributed by atoms with Crippen LogP contribution in [0.4, 0.5) is 0 Å². The van der Waals surface area contributed by atoms with Crippen LogP contribution in [0.1, 0.15) is 56.2 Å². The van der Waals surface area contributed by atoms with E-state index in [-0.39, 0.29) is 0 Å². The summed E-state index contributed by atoms with van der Waals surface area (Å²) in [4.78, 5) is 2.39. The molecular weight excluding hydrogens is 244 g/mol. The maximum Gasteiger partial charge on any atom is 0.0439 e. The van der Waals surface area contributed by atoms with E-state index >= 15 is 0 Å². The van der Waals surface area contributed by atoms with E-state index in [2.05, 4.69) is 55.8 Å². The Bertz CT molecular complexity index is 476. The van der Waals surface area contributed by atoms with Crippen molar-refractivity contribution in [3.8, 4) is 0 Å². The Morgan fingerprint density at radius 2 is 2.10 bits per heavy atom. The number of hydrogen-bond donors (Lipinski definition) is 1. The molecule has 2 rings (SSSR count). The molecule has 110 valence electrons. The van der Waals surface area contributed by atoms with E-state index in [1.807, 2.05) is 7.05 Å². The summed E-state index contributed by atoms with van der Waals surface area (Å²) in [5.41, 5.74) is 5.46. The van der Waals surface area contributed by atoms with Gasteiger partial charge in [0.25, 0.3) is 0 Å². The third-order valence-electron chi connectivity index (χ3n) is 4.46. The van der Waals surface area contributed by atoms with Crippen molar-refractivity contribution < 1.29 is 0 Å². The minimum Gasteiger partial charge on any atom is -0.365 e. The van der Waals surface area contributed by atoms with Gasteiger partial charge in [0.1, 0.15) is 0 Å². The Labute approximate surface area is 123 Å². The summed E-state index contributed by atoms with van der Waals surface area (Å²) < 4.78 is 0. The molecule has 1 aliphatic heterocycles. The summed E-state index contributed by atoms with van der Waals surface area (Å²) in [5, 5.41) is 3.26. The molecule has 1 aromatic carbocycles. The summed E-state index contributed by atoms with van der Waals surface area (Å²) in [7, 11) is 2.03. The molecule has 0 radical (unpaired) electrons. The monoisotopic (exact) mass is 272 g/mol. The number of benzene rings is 1. The van der Waals surface area contributed by atoms with Gasteiger partial charge in [-0.15, -0.1) is 0 Å². The van der Waals surface area contributed by atoms with Gasteiger partial charge in [-0.05, 0) is 57.3 Å². The maximum atomic E-state index is 4.26. The molecule has 0 aliphatic carbocycles. The molecule has 0 fully saturated rings. The third-order valence-corrected chi connectivity index (χ3v) is 4.46. The van der Waals surface area contributed by atoms with Crippen LogP contribution in [0, 0.1) is 0 Å². The van der Waals surface area contributed by atoms with Gasteiger partial charge in [0.05, 0.1) is 0 Å². The molecule has 0 saturated carbocycles. The second-order valence-electron chi connectivity index (χ2n) is 6.08. The standard InChI is InChI=1S/C18H28N2/c1-6-15(9-10-19-5)16-7-8-18-14(4)20(13(2)3)12-17(18)11-16/h7-8,11,13,15,19H,4,6,9-10,12H2,1-3,5H3. The quantitative estimate of drug-likeness (QED) is 0.842. The average molecular weight is 272 g/mol. The third kappa shape index (κ3) is 2.90. The summed E-state index contributed by atoms with van der Waals surface area (Å²) in [5.74, 6) is 0.661. The van der Waals surface area contributed by atoms with Crippen LogP contribution in [0.25, 0.3) is 5.70 Å². The van der Waals surface area contributed by atoms with Gasteiger partial charge >= 0.3 is 0 Å². The Morgan fingerprint density at radius 3 is 2.70 bits per heavy atom. The molecule has 1 unspecified atom stereocenters. The Kier molecular flexibility index (Phi) is 4.87. The van der Waals surface area contributed by atoms with Crippen LogP contribution in [-0.2, 0) is 6.54 Å². The minimum absolute atomic E-state index is 0.518. The fourth-order valence-corrected chi connectivity index (χ4v) is 3.13. The lowest BCUT2D eigenvalue weighted by atomic mass is 9.91. The van der Waals surface area contributed by atoms with E-state index in [0.29, 0.717) is 12.0 Å². The first-order valence-corrected chi connectivity index (χ1v) is 7.81. The molecule has 2 nitrogen and oxygen atoms in total. The lowest BCUT2D eigenvalue weighted by Gasteiger charge is -2.23. The van der Waals surface area contributed by atoms with E-state index in [1.165, 1.54) is 35.2 Å². The molecule has 1 heterocycles. The molecule has 1 N–H and O–H groups in total. The summed E-state index contributed by atoms with van der Waals surface area (Å²) in [6.07, 6.45) is 2.41. The van der Waals surface area contributed by atoms with Gasteiger partial charge < -0.3 is 10.2 Å². The molecule has 20 heavy (non-hydrogen) atoms. The Balaban J connectivity index is 2.21. The Morgan fingerprint density at radius 1 is 1.35 bits per heavy atom. The first kappa shape index (κ1) is 15.1. The zero-order valence-electron chi connectivity index (χ0n) is 13.4. The fraction of sp³-hybridized carbons (Fsp3) is 0.556. The highest BCUT2D eigenvalue weighted by molar-refractivity contribution is 5.69. The largest absolute Gasteiger partial charge is 0.365 e. The zero-order chi connectivity index (χ0) is 14.7. The van der Waals surface area contributed by atoms with Crippen molar-refractivity contribution in [1.29, 1.82) is 0 Å². The summed E-state index contributed by atoms with van der Waals surface area (Å²) in [6, 6.07) is 7.51. The number of nitrogens with zero attached hydrogens (tertiary/aromatic N) is 1. The molecule has 0 bridgehead atoms. The lowest BCUT2D eigenvalue weighted by molar-refractivity contribution is 0.339. The fourth-order valence-electron chi connectivity index (χ4n) is 3.13. The van der Waals surface area contributed by atoms with Crippen molar-refractivity contribution in [3.63, 3.8) is 0 Å². The van der Waals surface area contributed by atoms with Crippen LogP contribution in [0.2, 0.25) is 0 Å². The molecule has 0 saturated heterocycles. The van der Waals surface area contributed by atoms with Gasteiger partial charge in [-0.25, -0.2) is 0 Å². The van der Waals surface area contributed by atoms with Crippen LogP contribution in [0.3, 0.4) is 0 Å². The molecule has 1 aliphatic rings. The molecule has 1 atom stereocenters. The van der Waals surface area contributed by atoms with Crippen molar-refractivity contribution in [1.82, 2.24) is 10.2 Å². The van der Waals surface area contributed by atoms with Crippen molar-refractivity contribution in [2.75, 3.05) is 13.6 Å². The van der Waals surface area contributed by atoms with Gasteiger partial charge in [-0.2, -0.15) is 0 Å².